The highest BCUT2D eigenvalue weighted by Crippen LogP contribution is 2.19. The predicted molar refractivity (Wildman–Crippen MR) is 79.1 cm³/mol. The maximum atomic E-state index is 12.5. The number of rotatable bonds is 2. The van der Waals surface area contributed by atoms with Crippen LogP contribution in [0, 0.1) is 0 Å². The lowest BCUT2D eigenvalue weighted by Crippen LogP contribution is -2.49. The molecule has 120 valence electrons. The fourth-order valence-electron chi connectivity index (χ4n) is 3.22. The molecular formula is C14H21N5O3. The van der Waals surface area contributed by atoms with Crippen LogP contribution in [0.2, 0.25) is 0 Å². The van der Waals surface area contributed by atoms with Crippen LogP contribution in [0.4, 0.5) is 4.79 Å². The molecule has 1 N–H and O–H groups in total. The van der Waals surface area contributed by atoms with E-state index in [2.05, 4.69) is 10.4 Å². The van der Waals surface area contributed by atoms with Gasteiger partial charge in [-0.3, -0.25) is 9.59 Å². The third-order valence-electron chi connectivity index (χ3n) is 4.54. The van der Waals surface area contributed by atoms with E-state index in [0.29, 0.717) is 38.2 Å². The normalized spacial score (nSPS) is 23.7. The van der Waals surface area contributed by atoms with E-state index in [1.54, 1.807) is 11.9 Å². The largest absolute Gasteiger partial charge is 0.337 e. The summed E-state index contributed by atoms with van der Waals surface area (Å²) in [6.07, 6.45) is 2.34. The number of hydrogen-bond donors (Lipinski definition) is 1. The Labute approximate surface area is 129 Å². The van der Waals surface area contributed by atoms with Crippen LogP contribution in [0.5, 0.6) is 0 Å². The number of carbonyl (C=O) groups excluding carboxylic acids is 3. The summed E-state index contributed by atoms with van der Waals surface area (Å²) in [6, 6.07) is 0.214. The van der Waals surface area contributed by atoms with Crippen LogP contribution in [0.1, 0.15) is 25.7 Å². The van der Waals surface area contributed by atoms with E-state index < -0.39 is 0 Å². The Bertz CT molecular complexity index is 525. The van der Waals surface area contributed by atoms with Crippen molar-refractivity contribution < 1.29 is 14.4 Å². The number of carbonyl (C=O) groups is 3. The van der Waals surface area contributed by atoms with Crippen molar-refractivity contribution >= 4 is 23.6 Å². The minimum absolute atomic E-state index is 0.00145. The van der Waals surface area contributed by atoms with Crippen molar-refractivity contribution in [2.75, 3.05) is 33.2 Å². The van der Waals surface area contributed by atoms with Gasteiger partial charge in [-0.2, -0.15) is 5.10 Å². The molecule has 0 radical (unpaired) electrons. The molecule has 22 heavy (non-hydrogen) atoms. The predicted octanol–water partition coefficient (Wildman–Crippen LogP) is -0.389. The number of hydrogen-bond acceptors (Lipinski definition) is 4. The van der Waals surface area contributed by atoms with Crippen molar-refractivity contribution in [1.29, 1.82) is 0 Å². The first-order valence-electron chi connectivity index (χ1n) is 7.74. The number of hydrazone groups is 1. The lowest BCUT2D eigenvalue weighted by Gasteiger charge is -2.36. The van der Waals surface area contributed by atoms with Gasteiger partial charge in [0.2, 0.25) is 5.91 Å². The van der Waals surface area contributed by atoms with Gasteiger partial charge in [0.1, 0.15) is 5.71 Å². The maximum Gasteiger partial charge on any atom is 0.317 e. The van der Waals surface area contributed by atoms with Crippen LogP contribution >= 0.6 is 0 Å². The van der Waals surface area contributed by atoms with Gasteiger partial charge in [0.25, 0.3) is 5.91 Å². The molecule has 2 fully saturated rings. The van der Waals surface area contributed by atoms with Gasteiger partial charge < -0.3 is 15.1 Å². The van der Waals surface area contributed by atoms with Crippen molar-refractivity contribution in [3.63, 3.8) is 0 Å². The zero-order chi connectivity index (χ0) is 15.7. The van der Waals surface area contributed by atoms with E-state index in [9.17, 15) is 14.4 Å². The second-order valence-corrected chi connectivity index (χ2v) is 5.91. The minimum Gasteiger partial charge on any atom is -0.337 e. The first kappa shape index (κ1) is 14.8. The van der Waals surface area contributed by atoms with Crippen molar-refractivity contribution in [2.24, 2.45) is 5.10 Å². The Morgan fingerprint density at radius 3 is 2.50 bits per heavy atom. The highest BCUT2D eigenvalue weighted by molar-refractivity contribution is 6.39. The summed E-state index contributed by atoms with van der Waals surface area (Å²) in [6.45, 7) is 2.71. The summed E-state index contributed by atoms with van der Waals surface area (Å²) in [5.41, 5.74) is 0.458. The molecule has 3 rings (SSSR count). The zero-order valence-corrected chi connectivity index (χ0v) is 12.7. The van der Waals surface area contributed by atoms with E-state index in [1.807, 2.05) is 4.90 Å². The van der Waals surface area contributed by atoms with Gasteiger partial charge in [-0.25, -0.2) is 9.80 Å². The molecule has 0 aromatic rings. The van der Waals surface area contributed by atoms with Crippen LogP contribution in [0.15, 0.2) is 5.10 Å². The first-order valence-corrected chi connectivity index (χ1v) is 7.74. The molecule has 8 nitrogen and oxygen atoms in total. The quantitative estimate of drug-likeness (QED) is 0.754. The Balaban J connectivity index is 1.57. The molecule has 3 aliphatic rings. The van der Waals surface area contributed by atoms with Crippen molar-refractivity contribution in [1.82, 2.24) is 20.1 Å². The second kappa shape index (κ2) is 5.94. The lowest BCUT2D eigenvalue weighted by atomic mass is 10.0. The zero-order valence-electron chi connectivity index (χ0n) is 12.7. The standard InChI is InChI=1S/C14H21N5O3/c1-17-12(20)3-2-11(16-17)13(21)18-7-4-10(5-8-18)19-9-6-15-14(19)22/h10H,2-9H2,1H3,(H,15,22). The third-order valence-corrected chi connectivity index (χ3v) is 4.54. The van der Waals surface area contributed by atoms with Crippen LogP contribution in [0.25, 0.3) is 0 Å². The van der Waals surface area contributed by atoms with Gasteiger partial charge in [-0.1, -0.05) is 0 Å². The number of likely N-dealkylation sites (tertiary alicyclic amines) is 1. The molecule has 0 aliphatic carbocycles. The average Bonchev–Trinajstić information content (AvgIpc) is 2.95. The van der Waals surface area contributed by atoms with Crippen LogP contribution in [-0.2, 0) is 9.59 Å². The molecular weight excluding hydrogens is 286 g/mol. The van der Waals surface area contributed by atoms with E-state index in [0.717, 1.165) is 19.4 Å². The van der Waals surface area contributed by atoms with E-state index in [4.69, 9.17) is 0 Å². The topological polar surface area (TPSA) is 85.3 Å². The maximum absolute atomic E-state index is 12.5. The molecule has 3 heterocycles. The summed E-state index contributed by atoms with van der Waals surface area (Å²) >= 11 is 0. The number of urea groups is 1. The average molecular weight is 307 g/mol. The smallest absolute Gasteiger partial charge is 0.317 e. The Morgan fingerprint density at radius 1 is 1.18 bits per heavy atom. The molecule has 3 aliphatic heterocycles. The van der Waals surface area contributed by atoms with Gasteiger partial charge in [-0.05, 0) is 12.8 Å². The summed E-state index contributed by atoms with van der Waals surface area (Å²) in [5, 5.41) is 8.14. The van der Waals surface area contributed by atoms with Crippen molar-refractivity contribution in [3.05, 3.63) is 0 Å². The van der Waals surface area contributed by atoms with Crippen LogP contribution < -0.4 is 5.32 Å². The molecule has 8 heteroatoms. The summed E-state index contributed by atoms with van der Waals surface area (Å²) in [4.78, 5) is 39.2. The van der Waals surface area contributed by atoms with Gasteiger partial charge >= 0.3 is 6.03 Å². The molecule has 0 spiro atoms. The van der Waals surface area contributed by atoms with Gasteiger partial charge in [0.15, 0.2) is 0 Å². The number of piperidine rings is 1. The molecule has 0 atom stereocenters. The van der Waals surface area contributed by atoms with E-state index in [-0.39, 0.29) is 23.9 Å². The molecule has 2 saturated heterocycles. The van der Waals surface area contributed by atoms with Gasteiger partial charge in [-0.15, -0.1) is 0 Å². The highest BCUT2D eigenvalue weighted by atomic mass is 16.2. The van der Waals surface area contributed by atoms with Crippen LogP contribution in [0.3, 0.4) is 0 Å². The summed E-state index contributed by atoms with van der Waals surface area (Å²) < 4.78 is 0. The molecule has 4 amide bonds. The molecule has 0 aromatic carbocycles. The second-order valence-electron chi connectivity index (χ2n) is 5.91. The first-order chi connectivity index (χ1) is 10.6. The Hall–Kier alpha value is -2.12. The van der Waals surface area contributed by atoms with Gasteiger partial charge in [0, 0.05) is 52.1 Å². The number of amides is 4. The molecule has 0 unspecified atom stereocenters. The molecule has 0 aromatic heterocycles. The molecule has 0 bridgehead atoms. The van der Waals surface area contributed by atoms with Crippen molar-refractivity contribution in [3.8, 4) is 0 Å². The Kier molecular flexibility index (Phi) is 4.00. The van der Waals surface area contributed by atoms with Crippen molar-refractivity contribution in [2.45, 2.75) is 31.7 Å². The Morgan fingerprint density at radius 2 is 1.91 bits per heavy atom. The van der Waals surface area contributed by atoms with Crippen LogP contribution in [-0.4, -0.2) is 77.6 Å². The van der Waals surface area contributed by atoms with E-state index in [1.165, 1.54) is 5.01 Å². The van der Waals surface area contributed by atoms with Gasteiger partial charge in [0.05, 0.1) is 0 Å². The van der Waals surface area contributed by atoms with E-state index >= 15 is 0 Å². The number of nitrogens with one attached hydrogen (secondary N) is 1. The lowest BCUT2D eigenvalue weighted by molar-refractivity contribution is -0.130. The molecule has 0 saturated carbocycles. The number of nitrogens with zero attached hydrogens (tertiary/aromatic N) is 4. The SMILES string of the molecule is CN1N=C(C(=O)N2CCC(N3CCNC3=O)CC2)CCC1=O. The fourth-order valence-corrected chi connectivity index (χ4v) is 3.22. The third kappa shape index (κ3) is 2.77. The summed E-state index contributed by atoms with van der Waals surface area (Å²) in [7, 11) is 1.58. The fraction of sp³-hybridized carbons (Fsp3) is 0.714. The minimum atomic E-state index is -0.0799. The monoisotopic (exact) mass is 307 g/mol. The highest BCUT2D eigenvalue weighted by Gasteiger charge is 2.33. The summed E-state index contributed by atoms with van der Waals surface area (Å²) in [5.74, 6) is -0.140.